The second-order valence-corrected chi connectivity index (χ2v) is 7.22. The molecule has 1 N–H and O–H groups in total. The number of nitrogens with zero attached hydrogens (tertiary/aromatic N) is 4. The first kappa shape index (κ1) is 19.6. The van der Waals surface area contributed by atoms with Crippen LogP contribution >= 0.6 is 23.7 Å². The van der Waals surface area contributed by atoms with Crippen LogP contribution in [0.2, 0.25) is 0 Å². The Morgan fingerprint density at radius 2 is 1.89 bits per heavy atom. The van der Waals surface area contributed by atoms with E-state index in [-0.39, 0.29) is 12.4 Å². The number of aryl methyl sites for hydroxylation is 1. The van der Waals surface area contributed by atoms with Crippen LogP contribution in [0.3, 0.4) is 0 Å². The molecule has 9 heteroatoms. The number of aromatic nitrogens is 3. The van der Waals surface area contributed by atoms with Crippen molar-refractivity contribution in [2.75, 3.05) is 44.3 Å². The van der Waals surface area contributed by atoms with Crippen LogP contribution in [0.5, 0.6) is 11.6 Å². The largest absolute Gasteiger partial charge is 0.490 e. The fourth-order valence-electron chi connectivity index (χ4n) is 2.92. The van der Waals surface area contributed by atoms with Crippen molar-refractivity contribution in [3.63, 3.8) is 0 Å². The number of hydrogen-bond acceptors (Lipinski definition) is 8. The van der Waals surface area contributed by atoms with Crippen LogP contribution in [0.1, 0.15) is 5.01 Å². The van der Waals surface area contributed by atoms with Crippen molar-refractivity contribution in [3.05, 3.63) is 35.6 Å². The van der Waals surface area contributed by atoms with Gasteiger partial charge in [-0.3, -0.25) is 0 Å². The Hall–Kier alpha value is -2.16. The average Bonchev–Trinajstić information content (AvgIpc) is 3.05. The van der Waals surface area contributed by atoms with E-state index < -0.39 is 0 Å². The summed E-state index contributed by atoms with van der Waals surface area (Å²) in [4.78, 5) is 15.5. The lowest BCUT2D eigenvalue weighted by Gasteiger charge is -2.28. The van der Waals surface area contributed by atoms with E-state index in [4.69, 9.17) is 9.47 Å². The SMILES string of the molecule is Cc1nc2cc(OCCOc3nccnc3N3CCNCC3)ccc2s1.Cl. The van der Waals surface area contributed by atoms with Gasteiger partial charge in [-0.1, -0.05) is 0 Å². The number of rotatable bonds is 6. The highest BCUT2D eigenvalue weighted by atomic mass is 35.5. The van der Waals surface area contributed by atoms with Crippen LogP contribution < -0.4 is 19.7 Å². The van der Waals surface area contributed by atoms with Crippen LogP contribution in [0.4, 0.5) is 5.82 Å². The number of ether oxygens (including phenoxy) is 2. The van der Waals surface area contributed by atoms with Gasteiger partial charge in [0.1, 0.15) is 19.0 Å². The highest BCUT2D eigenvalue weighted by Gasteiger charge is 2.17. The summed E-state index contributed by atoms with van der Waals surface area (Å²) >= 11 is 1.69. The third-order valence-electron chi connectivity index (χ3n) is 4.12. The summed E-state index contributed by atoms with van der Waals surface area (Å²) in [5.41, 5.74) is 0.973. The van der Waals surface area contributed by atoms with Gasteiger partial charge in [-0.05, 0) is 19.1 Å². The Balaban J connectivity index is 0.00000210. The lowest BCUT2D eigenvalue weighted by atomic mass is 10.3. The number of fused-ring (bicyclic) bond motifs is 1. The van der Waals surface area contributed by atoms with Gasteiger partial charge in [0.2, 0.25) is 0 Å². The van der Waals surface area contributed by atoms with Gasteiger partial charge < -0.3 is 19.7 Å². The maximum Gasteiger partial charge on any atom is 0.257 e. The van der Waals surface area contributed by atoms with E-state index in [1.54, 1.807) is 23.7 Å². The molecule has 0 radical (unpaired) electrons. The molecule has 1 fully saturated rings. The van der Waals surface area contributed by atoms with E-state index >= 15 is 0 Å². The van der Waals surface area contributed by atoms with Crippen LogP contribution in [0.15, 0.2) is 30.6 Å². The molecule has 0 atom stereocenters. The number of piperazine rings is 1. The molecule has 1 aliphatic rings. The smallest absolute Gasteiger partial charge is 0.257 e. The van der Waals surface area contributed by atoms with Gasteiger partial charge in [-0.15, -0.1) is 23.7 Å². The third kappa shape index (κ3) is 4.77. The lowest BCUT2D eigenvalue weighted by Crippen LogP contribution is -2.44. The second kappa shape index (κ2) is 9.16. The van der Waals surface area contributed by atoms with Gasteiger partial charge in [0, 0.05) is 44.6 Å². The Labute approximate surface area is 168 Å². The summed E-state index contributed by atoms with van der Waals surface area (Å²) in [7, 11) is 0. The molecule has 144 valence electrons. The number of benzene rings is 1. The second-order valence-electron chi connectivity index (χ2n) is 5.98. The predicted octanol–water partition coefficient (Wildman–Crippen LogP) is 2.68. The Kier molecular flexibility index (Phi) is 6.65. The first-order valence-corrected chi connectivity index (χ1v) is 9.51. The molecule has 0 unspecified atom stereocenters. The molecule has 4 rings (SSSR count). The number of hydrogen-bond donors (Lipinski definition) is 1. The first-order valence-electron chi connectivity index (χ1n) is 8.69. The minimum atomic E-state index is 0. The van der Waals surface area contributed by atoms with E-state index in [0.717, 1.165) is 48.3 Å². The lowest BCUT2D eigenvalue weighted by molar-refractivity contribution is 0.212. The monoisotopic (exact) mass is 407 g/mol. The molecular weight excluding hydrogens is 386 g/mol. The zero-order valence-electron chi connectivity index (χ0n) is 15.1. The first-order chi connectivity index (χ1) is 12.8. The van der Waals surface area contributed by atoms with Gasteiger partial charge in [0.25, 0.3) is 5.88 Å². The Morgan fingerprint density at radius 3 is 2.74 bits per heavy atom. The fraction of sp³-hybridized carbons (Fsp3) is 0.389. The van der Waals surface area contributed by atoms with Gasteiger partial charge in [-0.2, -0.15) is 0 Å². The summed E-state index contributed by atoms with van der Waals surface area (Å²) in [6.45, 7) is 6.54. The van der Waals surface area contributed by atoms with E-state index in [0.29, 0.717) is 19.1 Å². The minimum Gasteiger partial charge on any atom is -0.490 e. The molecule has 1 aromatic carbocycles. The summed E-state index contributed by atoms with van der Waals surface area (Å²) < 4.78 is 12.8. The molecule has 0 saturated carbocycles. The standard InChI is InChI=1S/C18H21N5O2S.ClH/c1-13-22-15-12-14(2-3-16(15)26-13)24-10-11-25-18-17(20-4-5-21-18)23-8-6-19-7-9-23;/h2-5,12,19H,6-11H2,1H3;1H. The topological polar surface area (TPSA) is 72.4 Å². The van der Waals surface area contributed by atoms with E-state index in [1.165, 1.54) is 4.70 Å². The zero-order chi connectivity index (χ0) is 17.8. The van der Waals surface area contributed by atoms with Crippen molar-refractivity contribution in [2.45, 2.75) is 6.92 Å². The quantitative estimate of drug-likeness (QED) is 0.630. The van der Waals surface area contributed by atoms with Gasteiger partial charge in [0.05, 0.1) is 15.2 Å². The molecule has 0 amide bonds. The molecule has 3 aromatic rings. The van der Waals surface area contributed by atoms with Crippen LogP contribution in [0, 0.1) is 6.92 Å². The average molecular weight is 408 g/mol. The Bertz CT molecular complexity index is 885. The number of nitrogens with one attached hydrogen (secondary N) is 1. The molecule has 1 aliphatic heterocycles. The van der Waals surface area contributed by atoms with Crippen LogP contribution in [0.25, 0.3) is 10.2 Å². The zero-order valence-corrected chi connectivity index (χ0v) is 16.7. The number of anilines is 1. The van der Waals surface area contributed by atoms with Crippen molar-refractivity contribution in [2.24, 2.45) is 0 Å². The van der Waals surface area contributed by atoms with Crippen LogP contribution in [-0.4, -0.2) is 54.3 Å². The molecule has 3 heterocycles. The van der Waals surface area contributed by atoms with Crippen molar-refractivity contribution >= 4 is 39.8 Å². The fourth-order valence-corrected chi connectivity index (χ4v) is 3.73. The minimum absolute atomic E-state index is 0. The predicted molar refractivity (Wildman–Crippen MR) is 110 cm³/mol. The molecule has 1 saturated heterocycles. The van der Waals surface area contributed by atoms with Gasteiger partial charge in [0.15, 0.2) is 5.82 Å². The van der Waals surface area contributed by atoms with E-state index in [2.05, 4.69) is 25.2 Å². The van der Waals surface area contributed by atoms with Crippen molar-refractivity contribution in [1.29, 1.82) is 0 Å². The number of halogens is 1. The molecule has 2 aromatic heterocycles. The van der Waals surface area contributed by atoms with Crippen molar-refractivity contribution < 1.29 is 9.47 Å². The van der Waals surface area contributed by atoms with Crippen LogP contribution in [-0.2, 0) is 0 Å². The molecule has 0 bridgehead atoms. The van der Waals surface area contributed by atoms with E-state index in [9.17, 15) is 0 Å². The normalized spacial score (nSPS) is 14.0. The van der Waals surface area contributed by atoms with Gasteiger partial charge >= 0.3 is 0 Å². The number of thiazole rings is 1. The third-order valence-corrected chi connectivity index (χ3v) is 5.07. The molecule has 0 aliphatic carbocycles. The summed E-state index contributed by atoms with van der Waals surface area (Å²) in [5.74, 6) is 2.16. The molecular formula is C18H22ClN5O2S. The highest BCUT2D eigenvalue weighted by Crippen LogP contribution is 2.26. The highest BCUT2D eigenvalue weighted by molar-refractivity contribution is 7.18. The van der Waals surface area contributed by atoms with Crippen molar-refractivity contribution in [3.8, 4) is 11.6 Å². The molecule has 7 nitrogen and oxygen atoms in total. The molecule has 27 heavy (non-hydrogen) atoms. The maximum absolute atomic E-state index is 5.83. The maximum atomic E-state index is 5.83. The Morgan fingerprint density at radius 1 is 1.11 bits per heavy atom. The van der Waals surface area contributed by atoms with Crippen molar-refractivity contribution in [1.82, 2.24) is 20.3 Å². The summed E-state index contributed by atoms with van der Waals surface area (Å²) in [5, 5.41) is 4.39. The molecule has 0 spiro atoms. The van der Waals surface area contributed by atoms with Gasteiger partial charge in [-0.25, -0.2) is 15.0 Å². The van der Waals surface area contributed by atoms with E-state index in [1.807, 2.05) is 25.1 Å². The summed E-state index contributed by atoms with van der Waals surface area (Å²) in [6.07, 6.45) is 3.35. The summed E-state index contributed by atoms with van der Waals surface area (Å²) in [6, 6.07) is 5.98.